The van der Waals surface area contributed by atoms with Gasteiger partial charge in [0.2, 0.25) is 5.24 Å². The van der Waals surface area contributed by atoms with Crippen LogP contribution in [0.4, 0.5) is 0 Å². The fourth-order valence-electron chi connectivity index (χ4n) is 1.71. The molecule has 20 heavy (non-hydrogen) atoms. The van der Waals surface area contributed by atoms with E-state index in [9.17, 15) is 9.59 Å². The van der Waals surface area contributed by atoms with Gasteiger partial charge in [0.25, 0.3) is 0 Å². The van der Waals surface area contributed by atoms with E-state index < -0.39 is 16.6 Å². The molecule has 0 aliphatic rings. The van der Waals surface area contributed by atoms with Crippen LogP contribution in [0, 0.1) is 5.41 Å². The Morgan fingerprint density at radius 3 is 1.90 bits per heavy atom. The molecule has 1 rings (SSSR count). The molecule has 110 valence electrons. The Labute approximate surface area is 137 Å². The van der Waals surface area contributed by atoms with Gasteiger partial charge < -0.3 is 4.74 Å². The zero-order valence-corrected chi connectivity index (χ0v) is 13.8. The lowest BCUT2D eigenvalue weighted by molar-refractivity contribution is -0.150. The van der Waals surface area contributed by atoms with Crippen molar-refractivity contribution >= 4 is 57.6 Å². The lowest BCUT2D eigenvalue weighted by atomic mass is 9.84. The summed E-state index contributed by atoms with van der Waals surface area (Å²) >= 11 is 23.2. The van der Waals surface area contributed by atoms with Crippen molar-refractivity contribution in [1.82, 2.24) is 0 Å². The largest absolute Gasteiger partial charge is 0.423 e. The highest BCUT2D eigenvalue weighted by Gasteiger charge is 2.44. The highest BCUT2D eigenvalue weighted by Crippen LogP contribution is 2.39. The Hall–Kier alpha value is -0.480. The molecule has 0 aliphatic carbocycles. The quantitative estimate of drug-likeness (QED) is 0.317. The van der Waals surface area contributed by atoms with Crippen LogP contribution < -0.4 is 4.74 Å². The first-order valence-electron chi connectivity index (χ1n) is 5.85. The molecule has 0 saturated carbocycles. The zero-order valence-electron chi connectivity index (χ0n) is 10.8. The van der Waals surface area contributed by atoms with E-state index >= 15 is 0 Å². The first kappa shape index (κ1) is 17.6. The van der Waals surface area contributed by atoms with Crippen LogP contribution in [0.1, 0.15) is 26.7 Å². The zero-order chi connectivity index (χ0) is 15.5. The molecule has 7 heteroatoms. The first-order chi connectivity index (χ1) is 9.28. The summed E-state index contributed by atoms with van der Waals surface area (Å²) in [5, 5.41) is -0.294. The Morgan fingerprint density at radius 1 is 1.10 bits per heavy atom. The first-order valence-corrected chi connectivity index (χ1v) is 7.36. The number of hydrogen-bond acceptors (Lipinski definition) is 3. The van der Waals surface area contributed by atoms with Crippen LogP contribution in [0.3, 0.4) is 0 Å². The molecule has 0 fully saturated rings. The van der Waals surface area contributed by atoms with Gasteiger partial charge in [0.15, 0.2) is 5.75 Å². The summed E-state index contributed by atoms with van der Waals surface area (Å²) in [6, 6.07) is 2.78. The monoisotopic (exact) mass is 356 g/mol. The molecule has 0 atom stereocenters. The minimum absolute atomic E-state index is 0.0353. The predicted molar refractivity (Wildman–Crippen MR) is 81.0 cm³/mol. The van der Waals surface area contributed by atoms with Crippen molar-refractivity contribution in [3.63, 3.8) is 0 Å². The lowest BCUT2D eigenvalue weighted by Crippen LogP contribution is -2.39. The number of hydrogen-bond donors (Lipinski definition) is 0. The van der Waals surface area contributed by atoms with Gasteiger partial charge in [0.05, 0.1) is 10.0 Å². The summed E-state index contributed by atoms with van der Waals surface area (Å²) in [6.45, 7) is 3.35. The van der Waals surface area contributed by atoms with E-state index in [-0.39, 0.29) is 28.6 Å². The summed E-state index contributed by atoms with van der Waals surface area (Å²) in [6.07, 6.45) is 0.432. The van der Waals surface area contributed by atoms with Crippen molar-refractivity contribution in [3.8, 4) is 5.75 Å². The number of carbonyl (C=O) groups excluding carboxylic acids is 2. The maximum absolute atomic E-state index is 12.2. The molecular weight excluding hydrogens is 346 g/mol. The summed E-state index contributed by atoms with van der Waals surface area (Å²) < 4.78 is 5.17. The van der Waals surface area contributed by atoms with Crippen molar-refractivity contribution in [2.75, 3.05) is 0 Å². The molecule has 1 aromatic rings. The molecule has 0 amide bonds. The number of benzene rings is 1. The Kier molecular flexibility index (Phi) is 6.14. The fourth-order valence-corrected chi connectivity index (χ4v) is 2.95. The van der Waals surface area contributed by atoms with Gasteiger partial charge in [-0.3, -0.25) is 9.59 Å². The van der Waals surface area contributed by atoms with Crippen molar-refractivity contribution in [1.29, 1.82) is 0 Å². The second kappa shape index (κ2) is 6.99. The van der Waals surface area contributed by atoms with Gasteiger partial charge in [-0.2, -0.15) is 0 Å². The van der Waals surface area contributed by atoms with Gasteiger partial charge in [-0.15, -0.1) is 0 Å². The van der Waals surface area contributed by atoms with Gasteiger partial charge in [-0.1, -0.05) is 48.7 Å². The number of halogens is 4. The number of carbonyl (C=O) groups is 2. The summed E-state index contributed by atoms with van der Waals surface area (Å²) in [4.78, 5) is 23.8. The summed E-state index contributed by atoms with van der Waals surface area (Å²) in [5.41, 5.74) is -1.41. The third-order valence-electron chi connectivity index (χ3n) is 3.13. The van der Waals surface area contributed by atoms with E-state index in [4.69, 9.17) is 51.1 Å². The number of rotatable bonds is 5. The molecule has 0 saturated heterocycles. The van der Waals surface area contributed by atoms with E-state index in [0.29, 0.717) is 5.02 Å². The molecule has 0 aliphatic heterocycles. The van der Waals surface area contributed by atoms with Crippen LogP contribution in [0.5, 0.6) is 5.75 Å². The van der Waals surface area contributed by atoms with Gasteiger partial charge in [-0.25, -0.2) is 0 Å². The number of esters is 1. The third-order valence-corrected chi connectivity index (χ3v) is 4.27. The van der Waals surface area contributed by atoms with E-state index in [2.05, 4.69) is 0 Å². The Bertz CT molecular complexity index is 515. The van der Waals surface area contributed by atoms with Crippen LogP contribution in [-0.2, 0) is 9.59 Å². The smallest absolute Gasteiger partial charge is 0.326 e. The van der Waals surface area contributed by atoms with Gasteiger partial charge in [0, 0.05) is 5.02 Å². The van der Waals surface area contributed by atoms with E-state index in [1.54, 1.807) is 13.8 Å². The van der Waals surface area contributed by atoms with Crippen LogP contribution in [-0.4, -0.2) is 11.2 Å². The van der Waals surface area contributed by atoms with Crippen LogP contribution in [0.25, 0.3) is 0 Å². The maximum atomic E-state index is 12.2. The lowest BCUT2D eigenvalue weighted by Gasteiger charge is -2.25. The second-order valence-corrected chi connectivity index (χ2v) is 5.75. The standard InChI is InChI=1S/C13H12Cl4O3/c1-3-13(4-2,11(17)18)12(19)20-10-8(15)5-7(14)6-9(10)16/h5-6H,3-4H2,1-2H3. The van der Waals surface area contributed by atoms with Crippen molar-refractivity contribution in [2.45, 2.75) is 26.7 Å². The topological polar surface area (TPSA) is 43.4 Å². The predicted octanol–water partition coefficient (Wildman–Crippen LogP) is 5.12. The van der Waals surface area contributed by atoms with Crippen molar-refractivity contribution in [3.05, 3.63) is 27.2 Å². The molecule has 1 aromatic carbocycles. The summed E-state index contributed by atoms with van der Waals surface area (Å²) in [7, 11) is 0. The van der Waals surface area contributed by atoms with Gasteiger partial charge >= 0.3 is 5.97 Å². The highest BCUT2D eigenvalue weighted by molar-refractivity contribution is 6.66. The maximum Gasteiger partial charge on any atom is 0.326 e. The molecule has 0 radical (unpaired) electrons. The third kappa shape index (κ3) is 3.40. The SMILES string of the molecule is CCC(CC)(C(=O)Cl)C(=O)Oc1c(Cl)cc(Cl)cc1Cl. The molecule has 3 nitrogen and oxygen atoms in total. The van der Waals surface area contributed by atoms with Gasteiger partial charge in [-0.05, 0) is 36.6 Å². The second-order valence-electron chi connectivity index (χ2n) is 4.15. The van der Waals surface area contributed by atoms with Crippen LogP contribution in [0.15, 0.2) is 12.1 Å². The minimum atomic E-state index is -1.41. The minimum Gasteiger partial charge on any atom is -0.423 e. The summed E-state index contributed by atoms with van der Waals surface area (Å²) in [5.74, 6) is -0.819. The molecular formula is C13H12Cl4O3. The normalized spacial score (nSPS) is 11.3. The molecule has 0 spiro atoms. The highest BCUT2D eigenvalue weighted by atomic mass is 35.5. The van der Waals surface area contributed by atoms with Crippen LogP contribution in [0.2, 0.25) is 15.1 Å². The van der Waals surface area contributed by atoms with Crippen LogP contribution >= 0.6 is 46.4 Å². The molecule has 0 bridgehead atoms. The molecule has 0 unspecified atom stereocenters. The van der Waals surface area contributed by atoms with E-state index in [0.717, 1.165) is 0 Å². The molecule has 0 heterocycles. The number of ether oxygens (including phenoxy) is 1. The average Bonchev–Trinajstić information content (AvgIpc) is 2.35. The molecule has 0 aromatic heterocycles. The van der Waals surface area contributed by atoms with E-state index in [1.165, 1.54) is 12.1 Å². The molecule has 0 N–H and O–H groups in total. The fraction of sp³-hybridized carbons (Fsp3) is 0.385. The average molecular weight is 358 g/mol. The van der Waals surface area contributed by atoms with E-state index in [1.807, 2.05) is 0 Å². The Balaban J connectivity index is 3.16. The van der Waals surface area contributed by atoms with Gasteiger partial charge in [0.1, 0.15) is 5.41 Å². The Morgan fingerprint density at radius 2 is 1.55 bits per heavy atom. The van der Waals surface area contributed by atoms with Crippen molar-refractivity contribution in [2.24, 2.45) is 5.41 Å². The van der Waals surface area contributed by atoms with Crippen molar-refractivity contribution < 1.29 is 14.3 Å².